The van der Waals surface area contributed by atoms with Crippen LogP contribution in [0.1, 0.15) is 43.5 Å². The van der Waals surface area contributed by atoms with Crippen molar-refractivity contribution in [2.75, 3.05) is 32.0 Å². The van der Waals surface area contributed by atoms with Gasteiger partial charge in [0.25, 0.3) is 0 Å². The molecule has 166 valence electrons. The summed E-state index contributed by atoms with van der Waals surface area (Å²) in [5, 5.41) is 0. The topological polar surface area (TPSA) is 78.4 Å². The van der Waals surface area contributed by atoms with Crippen molar-refractivity contribution >= 4 is 5.82 Å². The van der Waals surface area contributed by atoms with E-state index in [9.17, 15) is 8.78 Å². The molecule has 2 saturated carbocycles. The molecule has 2 aliphatic carbocycles. The number of anilines is 1. The van der Waals surface area contributed by atoms with Crippen LogP contribution in [0.5, 0.6) is 5.75 Å². The van der Waals surface area contributed by atoms with Crippen molar-refractivity contribution in [1.29, 1.82) is 0 Å². The molecule has 3 atom stereocenters. The molecule has 2 saturated heterocycles. The van der Waals surface area contributed by atoms with Crippen LogP contribution in [0, 0.1) is 11.8 Å². The first-order valence-electron chi connectivity index (χ1n) is 11.2. The van der Waals surface area contributed by atoms with E-state index in [4.69, 9.17) is 15.5 Å². The van der Waals surface area contributed by atoms with Crippen molar-refractivity contribution in [3.8, 4) is 17.0 Å². The first-order valence-corrected chi connectivity index (χ1v) is 11.2. The van der Waals surface area contributed by atoms with Gasteiger partial charge in [-0.2, -0.15) is 8.78 Å². The lowest BCUT2D eigenvalue weighted by Crippen LogP contribution is -2.49. The average Bonchev–Trinajstić information content (AvgIpc) is 3.18. The smallest absolute Gasteiger partial charge is 0.387 e. The van der Waals surface area contributed by atoms with Crippen molar-refractivity contribution in [2.45, 2.75) is 50.3 Å². The minimum Gasteiger partial charge on any atom is -0.431 e. The van der Waals surface area contributed by atoms with Gasteiger partial charge in [-0.25, -0.2) is 9.97 Å². The molecule has 2 aromatic heterocycles. The van der Waals surface area contributed by atoms with Crippen LogP contribution in [0.25, 0.3) is 11.3 Å². The molecule has 9 heteroatoms. The molecule has 0 bridgehead atoms. The highest BCUT2D eigenvalue weighted by atomic mass is 19.3. The number of nitrogen functional groups attached to an aromatic ring is 1. The number of nitrogens with two attached hydrogens (primary N) is 1. The number of rotatable bonds is 6. The van der Waals surface area contributed by atoms with Crippen LogP contribution in [0.3, 0.4) is 0 Å². The summed E-state index contributed by atoms with van der Waals surface area (Å²) >= 11 is 0. The molecule has 4 heterocycles. The molecule has 31 heavy (non-hydrogen) atoms. The number of pyridine rings is 1. The van der Waals surface area contributed by atoms with Crippen LogP contribution in [0.2, 0.25) is 0 Å². The molecule has 2 aromatic rings. The van der Waals surface area contributed by atoms with Gasteiger partial charge in [0.2, 0.25) is 0 Å². The second-order valence-corrected chi connectivity index (χ2v) is 9.32. The third kappa shape index (κ3) is 3.38. The molecule has 0 unspecified atom stereocenters. The highest BCUT2D eigenvalue weighted by molar-refractivity contribution is 5.64. The fourth-order valence-electron chi connectivity index (χ4n) is 5.73. The van der Waals surface area contributed by atoms with E-state index in [0.717, 1.165) is 50.7 Å². The fourth-order valence-corrected chi connectivity index (χ4v) is 5.73. The van der Waals surface area contributed by atoms with Gasteiger partial charge in [0, 0.05) is 43.0 Å². The van der Waals surface area contributed by atoms with Gasteiger partial charge in [-0.1, -0.05) is 12.8 Å². The molecule has 0 spiro atoms. The van der Waals surface area contributed by atoms with E-state index in [2.05, 4.69) is 25.4 Å². The minimum atomic E-state index is -2.94. The Bertz CT molecular complexity index is 961. The zero-order chi connectivity index (χ0) is 21.1. The number of aromatic nitrogens is 3. The Labute approximate surface area is 179 Å². The Morgan fingerprint density at radius 3 is 2.55 bits per heavy atom. The van der Waals surface area contributed by atoms with Crippen molar-refractivity contribution < 1.29 is 18.3 Å². The maximum atomic E-state index is 12.7. The Morgan fingerprint density at radius 2 is 1.90 bits per heavy atom. The normalized spacial score (nSPS) is 28.8. The van der Waals surface area contributed by atoms with Gasteiger partial charge in [-0.05, 0) is 30.7 Å². The van der Waals surface area contributed by atoms with Gasteiger partial charge < -0.3 is 19.8 Å². The van der Waals surface area contributed by atoms with Crippen molar-refractivity contribution in [3.63, 3.8) is 0 Å². The molecule has 2 aliphatic heterocycles. The number of nitrogens with zero attached hydrogens (tertiary/aromatic N) is 4. The maximum absolute atomic E-state index is 12.7. The largest absolute Gasteiger partial charge is 0.431 e. The van der Waals surface area contributed by atoms with Gasteiger partial charge in [0.05, 0.1) is 24.9 Å². The summed E-state index contributed by atoms with van der Waals surface area (Å²) in [5.74, 6) is 2.76. The number of halogens is 2. The van der Waals surface area contributed by atoms with Crippen LogP contribution >= 0.6 is 0 Å². The first-order chi connectivity index (χ1) is 15.1. The van der Waals surface area contributed by atoms with E-state index in [1.165, 1.54) is 18.9 Å². The molecule has 0 amide bonds. The highest BCUT2D eigenvalue weighted by Crippen LogP contribution is 2.57. The SMILES string of the molecule is Nc1ncc(-c2cn([C@@H]3[C@@H]4CN(C5COC5)C[C@@H]43)c(C3CCCC3)n2)cc1OC(F)F. The monoisotopic (exact) mass is 431 g/mol. The molecular formula is C22H27F2N5O2. The first kappa shape index (κ1) is 19.4. The van der Waals surface area contributed by atoms with Gasteiger partial charge in [0.1, 0.15) is 5.82 Å². The van der Waals surface area contributed by atoms with Gasteiger partial charge >= 0.3 is 6.61 Å². The van der Waals surface area contributed by atoms with Gasteiger partial charge in [0.15, 0.2) is 11.6 Å². The number of piperidine rings is 1. The van der Waals surface area contributed by atoms with Crippen molar-refractivity contribution in [3.05, 3.63) is 24.3 Å². The maximum Gasteiger partial charge on any atom is 0.387 e. The van der Waals surface area contributed by atoms with Crippen molar-refractivity contribution in [1.82, 2.24) is 19.4 Å². The van der Waals surface area contributed by atoms with Crippen molar-refractivity contribution in [2.24, 2.45) is 11.8 Å². The minimum absolute atomic E-state index is 0.0451. The Balaban J connectivity index is 1.29. The van der Waals surface area contributed by atoms with E-state index in [0.29, 0.717) is 35.4 Å². The number of alkyl halides is 2. The predicted molar refractivity (Wildman–Crippen MR) is 110 cm³/mol. The quantitative estimate of drug-likeness (QED) is 0.756. The molecule has 0 aromatic carbocycles. The van der Waals surface area contributed by atoms with Gasteiger partial charge in [-0.3, -0.25) is 4.90 Å². The number of likely N-dealkylation sites (tertiary alicyclic amines) is 1. The standard InChI is InChI=1S/C22H27F2N5O2/c23-22(24)31-18-5-13(6-26-20(18)25)17-9-29(21(27-17)12-3-1-2-4-12)19-15-7-28(8-16(15)19)14-10-30-11-14/h5-6,9,12,14-16,19,22H,1-4,7-8,10-11H2,(H2,25,26)/t15-,16+,19-. The van der Waals surface area contributed by atoms with Crippen LogP contribution in [0.15, 0.2) is 18.5 Å². The van der Waals surface area contributed by atoms with Gasteiger partial charge in [-0.15, -0.1) is 0 Å². The summed E-state index contributed by atoms with van der Waals surface area (Å²) in [4.78, 5) is 11.6. The summed E-state index contributed by atoms with van der Waals surface area (Å²) in [6, 6.07) is 2.59. The number of ether oxygens (including phenoxy) is 2. The molecular weight excluding hydrogens is 404 g/mol. The van der Waals surface area contributed by atoms with E-state index >= 15 is 0 Å². The Kier molecular flexibility index (Phi) is 4.64. The average molecular weight is 431 g/mol. The second kappa shape index (κ2) is 7.41. The lowest BCUT2D eigenvalue weighted by atomic mass is 10.1. The summed E-state index contributed by atoms with van der Waals surface area (Å²) in [5.41, 5.74) is 7.12. The molecule has 4 fully saturated rings. The molecule has 2 N–H and O–H groups in total. The van der Waals surface area contributed by atoms with E-state index < -0.39 is 6.61 Å². The molecule has 0 radical (unpaired) electrons. The lowest BCUT2D eigenvalue weighted by molar-refractivity contribution is -0.0616. The lowest BCUT2D eigenvalue weighted by Gasteiger charge is -2.36. The Hall–Kier alpha value is -2.26. The van der Waals surface area contributed by atoms with E-state index in [-0.39, 0.29) is 11.6 Å². The van der Waals surface area contributed by atoms with E-state index in [1.54, 1.807) is 6.20 Å². The zero-order valence-corrected chi connectivity index (χ0v) is 17.3. The van der Waals surface area contributed by atoms with Crippen LogP contribution in [-0.2, 0) is 4.74 Å². The molecule has 7 nitrogen and oxygen atoms in total. The fraction of sp³-hybridized carbons (Fsp3) is 0.636. The summed E-state index contributed by atoms with van der Waals surface area (Å²) in [6.45, 7) is 1.02. The third-order valence-corrected chi connectivity index (χ3v) is 7.51. The molecule has 4 aliphatic rings. The summed E-state index contributed by atoms with van der Waals surface area (Å²) in [6.07, 6.45) is 8.45. The highest BCUT2D eigenvalue weighted by Gasteiger charge is 2.58. The predicted octanol–water partition coefficient (Wildman–Crippen LogP) is 3.29. The summed E-state index contributed by atoms with van der Waals surface area (Å²) in [7, 11) is 0. The van der Waals surface area contributed by atoms with Crippen LogP contribution < -0.4 is 10.5 Å². The number of hydrogen-bond acceptors (Lipinski definition) is 6. The summed E-state index contributed by atoms with van der Waals surface area (Å²) < 4.78 is 37.8. The third-order valence-electron chi connectivity index (χ3n) is 7.51. The number of fused-ring (bicyclic) bond motifs is 1. The number of imidazole rings is 1. The zero-order valence-electron chi connectivity index (χ0n) is 17.3. The Morgan fingerprint density at radius 1 is 1.16 bits per heavy atom. The second-order valence-electron chi connectivity index (χ2n) is 9.32. The van der Waals surface area contributed by atoms with Crippen LogP contribution in [0.4, 0.5) is 14.6 Å². The van der Waals surface area contributed by atoms with E-state index in [1.807, 2.05) is 0 Å². The number of hydrogen-bond donors (Lipinski definition) is 1. The molecule has 6 rings (SSSR count). The van der Waals surface area contributed by atoms with Crippen LogP contribution in [-0.4, -0.2) is 58.4 Å².